The van der Waals surface area contributed by atoms with E-state index in [-0.39, 0.29) is 5.91 Å². The van der Waals surface area contributed by atoms with Gasteiger partial charge >= 0.3 is 0 Å². The number of rotatable bonds is 8. The minimum absolute atomic E-state index is 0.214. The summed E-state index contributed by atoms with van der Waals surface area (Å²) in [7, 11) is 0. The fraction of sp³-hybridized carbons (Fsp3) is 0.947. The SMILES string of the molecule is CCOCCN1CCN(CC(=O)N[C@@H]2CCCC[C@H]2C)C[C@@H]1CC. The molecule has 1 saturated carbocycles. The Bertz CT molecular complexity index is 378. The molecule has 1 heterocycles. The lowest BCUT2D eigenvalue weighted by Crippen LogP contribution is -2.56. The van der Waals surface area contributed by atoms with Crippen LogP contribution in [0.3, 0.4) is 0 Å². The Balaban J connectivity index is 1.74. The number of hydrogen-bond donors (Lipinski definition) is 1. The van der Waals surface area contributed by atoms with E-state index in [1.54, 1.807) is 0 Å². The zero-order chi connectivity index (χ0) is 17.4. The van der Waals surface area contributed by atoms with Crippen molar-refractivity contribution in [3.63, 3.8) is 0 Å². The lowest BCUT2D eigenvalue weighted by molar-refractivity contribution is -0.124. The first-order valence-corrected chi connectivity index (χ1v) is 9.97. The van der Waals surface area contributed by atoms with Gasteiger partial charge in [0.1, 0.15) is 0 Å². The largest absolute Gasteiger partial charge is 0.380 e. The molecule has 1 amide bonds. The van der Waals surface area contributed by atoms with Crippen molar-refractivity contribution >= 4 is 5.91 Å². The van der Waals surface area contributed by atoms with Crippen LogP contribution < -0.4 is 5.32 Å². The number of nitrogens with zero attached hydrogens (tertiary/aromatic N) is 2. The Morgan fingerprint density at radius 3 is 2.71 bits per heavy atom. The molecular formula is C19H37N3O2. The van der Waals surface area contributed by atoms with Gasteiger partial charge in [-0.2, -0.15) is 0 Å². The Morgan fingerprint density at radius 1 is 1.21 bits per heavy atom. The van der Waals surface area contributed by atoms with Gasteiger partial charge in [-0.25, -0.2) is 0 Å². The second-order valence-corrected chi connectivity index (χ2v) is 7.47. The normalized spacial score (nSPS) is 29.5. The third kappa shape index (κ3) is 6.01. The Labute approximate surface area is 148 Å². The van der Waals surface area contributed by atoms with Gasteiger partial charge in [0.2, 0.25) is 5.91 Å². The van der Waals surface area contributed by atoms with E-state index in [4.69, 9.17) is 4.74 Å². The van der Waals surface area contributed by atoms with Crippen LogP contribution in [0.2, 0.25) is 0 Å². The van der Waals surface area contributed by atoms with Crippen LogP contribution in [0.4, 0.5) is 0 Å². The monoisotopic (exact) mass is 339 g/mol. The maximum Gasteiger partial charge on any atom is 0.234 e. The number of piperazine rings is 1. The third-order valence-electron chi connectivity index (χ3n) is 5.71. The minimum Gasteiger partial charge on any atom is -0.380 e. The van der Waals surface area contributed by atoms with Crippen molar-refractivity contribution in [2.75, 3.05) is 45.9 Å². The molecule has 0 spiro atoms. The zero-order valence-corrected chi connectivity index (χ0v) is 15.9. The van der Waals surface area contributed by atoms with Crippen molar-refractivity contribution in [2.45, 2.75) is 65.0 Å². The molecule has 1 aliphatic carbocycles. The molecular weight excluding hydrogens is 302 g/mol. The van der Waals surface area contributed by atoms with Gasteiger partial charge in [-0.15, -0.1) is 0 Å². The van der Waals surface area contributed by atoms with Gasteiger partial charge in [-0.3, -0.25) is 14.6 Å². The van der Waals surface area contributed by atoms with Gasteiger partial charge in [-0.1, -0.05) is 26.7 Å². The summed E-state index contributed by atoms with van der Waals surface area (Å²) in [5, 5.41) is 3.29. The molecule has 3 atom stereocenters. The van der Waals surface area contributed by atoms with Crippen LogP contribution in [0.25, 0.3) is 0 Å². The summed E-state index contributed by atoms with van der Waals surface area (Å²) in [5.74, 6) is 0.841. The van der Waals surface area contributed by atoms with Crippen molar-refractivity contribution in [3.8, 4) is 0 Å². The summed E-state index contributed by atoms with van der Waals surface area (Å²) >= 11 is 0. The first-order chi connectivity index (χ1) is 11.6. The molecule has 0 aromatic heterocycles. The van der Waals surface area contributed by atoms with Crippen LogP contribution in [0.1, 0.15) is 52.9 Å². The van der Waals surface area contributed by atoms with E-state index >= 15 is 0 Å². The fourth-order valence-corrected chi connectivity index (χ4v) is 4.09. The summed E-state index contributed by atoms with van der Waals surface area (Å²) in [6.07, 6.45) is 6.10. The summed E-state index contributed by atoms with van der Waals surface area (Å²) in [5.41, 5.74) is 0. The van der Waals surface area contributed by atoms with E-state index in [0.29, 0.717) is 24.5 Å². The predicted octanol–water partition coefficient (Wildman–Crippen LogP) is 2.11. The standard InChI is InChI=1S/C19H37N3O2/c1-4-17-14-21(10-11-22(17)12-13-24-5-2)15-19(23)20-18-9-7-6-8-16(18)3/h16-18H,4-15H2,1-3H3,(H,20,23)/t16-,17+,18-/m1/s1. The van der Waals surface area contributed by atoms with E-state index in [9.17, 15) is 4.79 Å². The topological polar surface area (TPSA) is 44.8 Å². The molecule has 0 aromatic rings. The van der Waals surface area contributed by atoms with Crippen LogP contribution in [-0.4, -0.2) is 73.7 Å². The molecule has 1 saturated heterocycles. The second-order valence-electron chi connectivity index (χ2n) is 7.47. The van der Waals surface area contributed by atoms with Crippen LogP contribution in [0.15, 0.2) is 0 Å². The van der Waals surface area contributed by atoms with E-state index in [2.05, 4.69) is 29.0 Å². The van der Waals surface area contributed by atoms with E-state index in [0.717, 1.165) is 52.2 Å². The molecule has 5 nitrogen and oxygen atoms in total. The zero-order valence-electron chi connectivity index (χ0n) is 15.9. The van der Waals surface area contributed by atoms with Crippen molar-refractivity contribution in [1.82, 2.24) is 15.1 Å². The highest BCUT2D eigenvalue weighted by Crippen LogP contribution is 2.23. The first-order valence-electron chi connectivity index (χ1n) is 9.97. The first kappa shape index (κ1) is 19.7. The number of hydrogen-bond acceptors (Lipinski definition) is 4. The van der Waals surface area contributed by atoms with Gasteiger partial charge < -0.3 is 10.1 Å². The Kier molecular flexibility index (Phi) is 8.50. The summed E-state index contributed by atoms with van der Waals surface area (Å²) < 4.78 is 5.50. The van der Waals surface area contributed by atoms with Crippen molar-refractivity contribution in [3.05, 3.63) is 0 Å². The molecule has 0 bridgehead atoms. The molecule has 0 aromatic carbocycles. The van der Waals surface area contributed by atoms with Crippen LogP contribution in [0.5, 0.6) is 0 Å². The quantitative estimate of drug-likeness (QED) is 0.688. The van der Waals surface area contributed by atoms with E-state index < -0.39 is 0 Å². The molecule has 0 radical (unpaired) electrons. The smallest absolute Gasteiger partial charge is 0.234 e. The number of carbonyl (C=O) groups is 1. The minimum atomic E-state index is 0.214. The molecule has 5 heteroatoms. The highest BCUT2D eigenvalue weighted by molar-refractivity contribution is 5.78. The second kappa shape index (κ2) is 10.4. The maximum atomic E-state index is 12.4. The van der Waals surface area contributed by atoms with Crippen molar-refractivity contribution in [1.29, 1.82) is 0 Å². The van der Waals surface area contributed by atoms with Crippen molar-refractivity contribution in [2.24, 2.45) is 5.92 Å². The molecule has 0 unspecified atom stereocenters. The highest BCUT2D eigenvalue weighted by Gasteiger charge is 2.28. The van der Waals surface area contributed by atoms with Gasteiger partial charge in [0.05, 0.1) is 13.2 Å². The van der Waals surface area contributed by atoms with E-state index in [1.165, 1.54) is 19.3 Å². The lowest BCUT2D eigenvalue weighted by Gasteiger charge is -2.41. The molecule has 1 N–H and O–H groups in total. The van der Waals surface area contributed by atoms with Gasteiger partial charge in [0, 0.05) is 44.9 Å². The summed E-state index contributed by atoms with van der Waals surface area (Å²) in [6.45, 7) is 12.7. The molecule has 2 rings (SSSR count). The van der Waals surface area contributed by atoms with Crippen molar-refractivity contribution < 1.29 is 9.53 Å². The number of ether oxygens (including phenoxy) is 1. The van der Waals surface area contributed by atoms with Gasteiger partial charge in [0.15, 0.2) is 0 Å². The predicted molar refractivity (Wildman–Crippen MR) is 98.1 cm³/mol. The fourth-order valence-electron chi connectivity index (χ4n) is 4.09. The lowest BCUT2D eigenvalue weighted by atomic mass is 9.86. The maximum absolute atomic E-state index is 12.4. The molecule has 2 fully saturated rings. The summed E-state index contributed by atoms with van der Waals surface area (Å²) in [6, 6.07) is 0.932. The number of nitrogens with one attached hydrogen (secondary N) is 1. The molecule has 24 heavy (non-hydrogen) atoms. The average molecular weight is 340 g/mol. The number of carbonyl (C=O) groups excluding carboxylic acids is 1. The van der Waals surface area contributed by atoms with Gasteiger partial charge in [0.25, 0.3) is 0 Å². The summed E-state index contributed by atoms with van der Waals surface area (Å²) in [4.78, 5) is 17.3. The Hall–Kier alpha value is -0.650. The van der Waals surface area contributed by atoms with Crippen LogP contribution in [-0.2, 0) is 9.53 Å². The van der Waals surface area contributed by atoms with Gasteiger partial charge in [-0.05, 0) is 32.1 Å². The molecule has 140 valence electrons. The Morgan fingerprint density at radius 2 is 2.00 bits per heavy atom. The average Bonchev–Trinajstić information content (AvgIpc) is 2.58. The molecule has 2 aliphatic rings. The van der Waals surface area contributed by atoms with E-state index in [1.807, 2.05) is 6.92 Å². The van der Waals surface area contributed by atoms with Crippen LogP contribution in [0, 0.1) is 5.92 Å². The highest BCUT2D eigenvalue weighted by atomic mass is 16.5. The molecule has 1 aliphatic heterocycles. The number of amides is 1. The van der Waals surface area contributed by atoms with Crippen LogP contribution >= 0.6 is 0 Å². The third-order valence-corrected chi connectivity index (χ3v) is 5.71.